The van der Waals surface area contributed by atoms with Crippen molar-refractivity contribution in [1.29, 1.82) is 0 Å². The number of allylic oxidation sites excluding steroid dienone is 3. The van der Waals surface area contributed by atoms with E-state index in [9.17, 15) is 19.5 Å². The van der Waals surface area contributed by atoms with Crippen LogP contribution in [0.5, 0.6) is 11.5 Å². The SMILES string of the molecule is O=C1[C@H]2[C@H](CC=C3[C@H](C4=COc5ccc(O)cc5C4)[C@]4(c5ccccc5)C(=O)N(c5cccc(Cl)c5)C(=O)[C@@H]4C[C@H]32)C(=O)N1c1ccc(Cl)cc1. The molecular formula is C41H30Cl2N2O6. The van der Waals surface area contributed by atoms with Gasteiger partial charge in [0.15, 0.2) is 0 Å². The predicted octanol–water partition coefficient (Wildman–Crippen LogP) is 7.42. The molecule has 4 aromatic rings. The zero-order chi connectivity index (χ0) is 35.2. The van der Waals surface area contributed by atoms with Crippen molar-refractivity contribution in [2.24, 2.45) is 29.6 Å². The average molecular weight is 718 g/mol. The van der Waals surface area contributed by atoms with Crippen molar-refractivity contribution in [3.63, 3.8) is 0 Å². The summed E-state index contributed by atoms with van der Waals surface area (Å²) in [5.74, 6) is -4.25. The van der Waals surface area contributed by atoms with Gasteiger partial charge in [0.2, 0.25) is 23.6 Å². The van der Waals surface area contributed by atoms with Crippen LogP contribution in [0, 0.1) is 29.6 Å². The van der Waals surface area contributed by atoms with Gasteiger partial charge in [0.25, 0.3) is 0 Å². The van der Waals surface area contributed by atoms with E-state index < -0.39 is 40.9 Å². The summed E-state index contributed by atoms with van der Waals surface area (Å²) >= 11 is 12.6. The third kappa shape index (κ3) is 4.59. The minimum Gasteiger partial charge on any atom is -0.508 e. The van der Waals surface area contributed by atoms with Gasteiger partial charge < -0.3 is 9.84 Å². The van der Waals surface area contributed by atoms with Crippen LogP contribution in [-0.2, 0) is 31.0 Å². The molecule has 3 aliphatic heterocycles. The van der Waals surface area contributed by atoms with Crippen LogP contribution < -0.4 is 14.5 Å². The van der Waals surface area contributed by atoms with Crippen molar-refractivity contribution in [3.05, 3.63) is 142 Å². The molecule has 0 radical (unpaired) electrons. The molecule has 5 aliphatic rings. The molecule has 6 atom stereocenters. The number of ether oxygens (including phenoxy) is 1. The van der Waals surface area contributed by atoms with Gasteiger partial charge in [-0.25, -0.2) is 4.90 Å². The van der Waals surface area contributed by atoms with Crippen LogP contribution in [0.4, 0.5) is 11.4 Å². The van der Waals surface area contributed by atoms with Crippen molar-refractivity contribution in [1.82, 2.24) is 0 Å². The van der Waals surface area contributed by atoms with Gasteiger partial charge in [-0.3, -0.25) is 24.1 Å². The molecule has 51 heavy (non-hydrogen) atoms. The molecule has 0 aromatic heterocycles. The van der Waals surface area contributed by atoms with Crippen molar-refractivity contribution in [3.8, 4) is 11.5 Å². The molecule has 3 fully saturated rings. The molecule has 254 valence electrons. The molecule has 4 amide bonds. The lowest BCUT2D eigenvalue weighted by molar-refractivity contribution is -0.128. The Kier molecular flexibility index (Phi) is 7.28. The Morgan fingerprint density at radius 3 is 2.29 bits per heavy atom. The minimum atomic E-state index is -1.42. The number of hydrogen-bond donors (Lipinski definition) is 1. The highest BCUT2D eigenvalue weighted by molar-refractivity contribution is 6.32. The smallest absolute Gasteiger partial charge is 0.246 e. The number of phenolic OH excluding ortho intramolecular Hbond substituents is 1. The quantitative estimate of drug-likeness (QED) is 0.174. The Labute approximate surface area is 303 Å². The van der Waals surface area contributed by atoms with Crippen LogP contribution in [0.3, 0.4) is 0 Å². The highest BCUT2D eigenvalue weighted by Gasteiger charge is 2.70. The van der Waals surface area contributed by atoms with Gasteiger partial charge >= 0.3 is 0 Å². The summed E-state index contributed by atoms with van der Waals surface area (Å²) in [6, 6.07) is 27.5. The van der Waals surface area contributed by atoms with Crippen LogP contribution in [0.15, 0.2) is 121 Å². The van der Waals surface area contributed by atoms with Gasteiger partial charge in [0, 0.05) is 27.9 Å². The molecule has 10 heteroatoms. The number of phenols is 1. The van der Waals surface area contributed by atoms with E-state index >= 15 is 4.79 Å². The number of carbonyl (C=O) groups is 4. The maximum atomic E-state index is 15.4. The van der Waals surface area contributed by atoms with Crippen LogP contribution in [0.1, 0.15) is 24.0 Å². The first-order chi connectivity index (χ1) is 24.7. The molecule has 0 unspecified atom stereocenters. The average Bonchev–Trinajstić information content (AvgIpc) is 3.52. The molecule has 3 heterocycles. The minimum absolute atomic E-state index is 0.0760. The summed E-state index contributed by atoms with van der Waals surface area (Å²) in [5.41, 5.74) is 2.36. The van der Waals surface area contributed by atoms with Crippen molar-refractivity contribution < 1.29 is 29.0 Å². The van der Waals surface area contributed by atoms with E-state index in [1.54, 1.807) is 73.0 Å². The Balaban J connectivity index is 1.25. The Bertz CT molecular complexity index is 2230. The lowest BCUT2D eigenvalue weighted by Crippen LogP contribution is -2.55. The largest absolute Gasteiger partial charge is 0.508 e. The topological polar surface area (TPSA) is 104 Å². The van der Waals surface area contributed by atoms with Crippen molar-refractivity contribution in [2.45, 2.75) is 24.7 Å². The fraction of sp³-hybridized carbons (Fsp3) is 0.220. The number of fused-ring (bicyclic) bond motifs is 5. The fourth-order valence-electron chi connectivity index (χ4n) is 9.40. The zero-order valence-electron chi connectivity index (χ0n) is 27.0. The Hall–Kier alpha value is -5.18. The normalized spacial score (nSPS) is 28.0. The van der Waals surface area contributed by atoms with E-state index in [0.717, 1.165) is 16.7 Å². The predicted molar refractivity (Wildman–Crippen MR) is 191 cm³/mol. The summed E-state index contributed by atoms with van der Waals surface area (Å²) in [6.45, 7) is 0. The van der Waals surface area contributed by atoms with Crippen molar-refractivity contribution >= 4 is 58.2 Å². The van der Waals surface area contributed by atoms with Gasteiger partial charge in [0.05, 0.1) is 40.8 Å². The molecular weight excluding hydrogens is 687 g/mol. The molecule has 9 rings (SSSR count). The highest BCUT2D eigenvalue weighted by atomic mass is 35.5. The summed E-state index contributed by atoms with van der Waals surface area (Å²) in [4.78, 5) is 61.3. The second-order valence-corrected chi connectivity index (χ2v) is 14.7. The third-order valence-electron chi connectivity index (χ3n) is 11.4. The van der Waals surface area contributed by atoms with E-state index in [1.807, 2.05) is 36.4 Å². The Morgan fingerprint density at radius 2 is 1.53 bits per heavy atom. The number of amides is 4. The van der Waals surface area contributed by atoms with E-state index in [2.05, 4.69) is 0 Å². The van der Waals surface area contributed by atoms with E-state index in [1.165, 1.54) is 9.80 Å². The van der Waals surface area contributed by atoms with E-state index in [4.69, 9.17) is 27.9 Å². The van der Waals surface area contributed by atoms with E-state index in [0.29, 0.717) is 45.6 Å². The lowest BCUT2D eigenvalue weighted by Gasteiger charge is -2.51. The number of aromatic hydroxyl groups is 1. The number of benzene rings is 4. The first-order valence-electron chi connectivity index (χ1n) is 16.9. The summed E-state index contributed by atoms with van der Waals surface area (Å²) in [5, 5.41) is 11.3. The number of imide groups is 2. The molecule has 4 aromatic carbocycles. The molecule has 1 saturated carbocycles. The summed E-state index contributed by atoms with van der Waals surface area (Å²) in [7, 11) is 0. The molecule has 2 saturated heterocycles. The number of halogens is 2. The number of carbonyl (C=O) groups excluding carboxylic acids is 4. The molecule has 0 spiro atoms. The van der Waals surface area contributed by atoms with Crippen LogP contribution in [0.25, 0.3) is 0 Å². The summed E-state index contributed by atoms with van der Waals surface area (Å²) < 4.78 is 6.18. The second kappa shape index (κ2) is 11.7. The Morgan fingerprint density at radius 1 is 0.745 bits per heavy atom. The van der Waals surface area contributed by atoms with Crippen molar-refractivity contribution in [2.75, 3.05) is 9.80 Å². The maximum absolute atomic E-state index is 15.4. The van der Waals surface area contributed by atoms with Gasteiger partial charge in [-0.1, -0.05) is 71.2 Å². The molecule has 2 aliphatic carbocycles. The molecule has 1 N–H and O–H groups in total. The van der Waals surface area contributed by atoms with Gasteiger partial charge in [-0.2, -0.15) is 0 Å². The second-order valence-electron chi connectivity index (χ2n) is 13.9. The lowest BCUT2D eigenvalue weighted by atomic mass is 9.48. The monoisotopic (exact) mass is 716 g/mol. The first kappa shape index (κ1) is 31.8. The number of anilines is 2. The van der Waals surface area contributed by atoms with Gasteiger partial charge in [-0.05, 0) is 90.6 Å². The zero-order valence-corrected chi connectivity index (χ0v) is 28.6. The fourth-order valence-corrected chi connectivity index (χ4v) is 9.71. The van der Waals surface area contributed by atoms with Gasteiger partial charge in [-0.15, -0.1) is 0 Å². The molecule has 0 bridgehead atoms. The first-order valence-corrected chi connectivity index (χ1v) is 17.6. The number of rotatable bonds is 4. The maximum Gasteiger partial charge on any atom is 0.246 e. The van der Waals surface area contributed by atoms with E-state index in [-0.39, 0.29) is 29.9 Å². The van der Waals surface area contributed by atoms with Crippen LogP contribution in [0.2, 0.25) is 10.0 Å². The number of hydrogen-bond acceptors (Lipinski definition) is 6. The standard InChI is InChI=1S/C41H30Cl2N2O6/c42-25-9-11-27(12-10-25)44-37(47)31-15-14-30-32(35(31)39(44)49)20-33-38(48)45(28-8-4-7-26(43)19-28)40(50)41(33,24-5-2-1-3-6-24)36(30)23-17-22-18-29(46)13-16-34(22)51-21-23/h1-14,16,18-19,21,31-33,35-36,46H,15,17,20H2/t31-,32+,33-,35-,36-,41+/m0/s1. The van der Waals surface area contributed by atoms with Gasteiger partial charge in [0.1, 0.15) is 11.5 Å². The number of nitrogens with zero attached hydrogens (tertiary/aromatic N) is 2. The van der Waals surface area contributed by atoms with Crippen LogP contribution >= 0.6 is 23.2 Å². The molecule has 8 nitrogen and oxygen atoms in total. The summed E-state index contributed by atoms with van der Waals surface area (Å²) in [6.07, 6.45) is 4.48. The highest BCUT2D eigenvalue weighted by Crippen LogP contribution is 2.64. The third-order valence-corrected chi connectivity index (χ3v) is 11.9. The van der Waals surface area contributed by atoms with Crippen LogP contribution in [-0.4, -0.2) is 28.7 Å².